The van der Waals surface area contributed by atoms with E-state index in [-0.39, 0.29) is 35.7 Å². The molecule has 0 spiro atoms. The minimum absolute atomic E-state index is 0.0287. The number of rotatable bonds is 7. The predicted octanol–water partition coefficient (Wildman–Crippen LogP) is 1.84. The maximum atomic E-state index is 12.9. The first kappa shape index (κ1) is 23.9. The van der Waals surface area contributed by atoms with Crippen LogP contribution in [0.25, 0.3) is 16.7 Å². The van der Waals surface area contributed by atoms with E-state index >= 15 is 0 Å². The van der Waals surface area contributed by atoms with E-state index in [1.807, 2.05) is 20.8 Å². The van der Waals surface area contributed by atoms with Crippen molar-refractivity contribution in [1.29, 1.82) is 0 Å². The lowest BCUT2D eigenvalue weighted by atomic mass is 9.90. The number of hydrogen-bond donors (Lipinski definition) is 2. The number of oxazole rings is 1. The van der Waals surface area contributed by atoms with E-state index in [0.29, 0.717) is 23.2 Å². The topological polar surface area (TPSA) is 141 Å². The molecule has 0 saturated carbocycles. The fourth-order valence-electron chi connectivity index (χ4n) is 3.67. The quantitative estimate of drug-likeness (QED) is 0.413. The van der Waals surface area contributed by atoms with Gasteiger partial charge in [0.1, 0.15) is 11.4 Å². The monoisotopic (exact) mass is 478 g/mol. The van der Waals surface area contributed by atoms with Crippen LogP contribution in [-0.2, 0) is 18.4 Å². The summed E-state index contributed by atoms with van der Waals surface area (Å²) >= 11 is 0. The summed E-state index contributed by atoms with van der Waals surface area (Å²) in [5.74, 6) is -1.59. The molecule has 11 nitrogen and oxygen atoms in total. The first-order valence-corrected chi connectivity index (χ1v) is 11.0. The molecule has 1 aromatic carbocycles. The second-order valence-electron chi connectivity index (χ2n) is 9.50. The molecule has 2 amide bonds. The second kappa shape index (κ2) is 9.16. The van der Waals surface area contributed by atoms with E-state index in [1.54, 1.807) is 31.3 Å². The summed E-state index contributed by atoms with van der Waals surface area (Å²) in [5.41, 5.74) is 2.07. The van der Waals surface area contributed by atoms with Crippen LogP contribution in [0.15, 0.2) is 45.7 Å². The number of fused-ring (bicyclic) bond motifs is 2. The van der Waals surface area contributed by atoms with Crippen LogP contribution in [0.1, 0.15) is 53.7 Å². The lowest BCUT2D eigenvalue weighted by Gasteiger charge is -2.17. The highest BCUT2D eigenvalue weighted by Gasteiger charge is 2.20. The van der Waals surface area contributed by atoms with Gasteiger partial charge < -0.3 is 15.1 Å². The van der Waals surface area contributed by atoms with Crippen molar-refractivity contribution in [3.8, 4) is 0 Å². The summed E-state index contributed by atoms with van der Waals surface area (Å²) in [6.45, 7) is 5.89. The Kier molecular flexibility index (Phi) is 6.25. The molecule has 0 unspecified atom stereocenters. The number of Topliss-reactive ketones (excluding diaryl/α,β-unsaturated/α-hetero) is 1. The van der Waals surface area contributed by atoms with Gasteiger partial charge in [-0.2, -0.15) is 5.10 Å². The predicted molar refractivity (Wildman–Crippen MR) is 127 cm³/mol. The van der Waals surface area contributed by atoms with Crippen LogP contribution in [0.3, 0.4) is 0 Å². The van der Waals surface area contributed by atoms with Gasteiger partial charge in [-0.05, 0) is 23.1 Å². The van der Waals surface area contributed by atoms with Gasteiger partial charge in [0.2, 0.25) is 0 Å². The molecule has 4 rings (SSSR count). The smallest absolute Gasteiger partial charge is 0.408 e. The van der Waals surface area contributed by atoms with E-state index in [4.69, 9.17) is 4.42 Å². The molecule has 0 atom stereocenters. The summed E-state index contributed by atoms with van der Waals surface area (Å²) in [5, 5.41) is 9.48. The van der Waals surface area contributed by atoms with Crippen molar-refractivity contribution in [2.75, 3.05) is 6.54 Å². The molecule has 2 N–H and O–H groups in total. The average Bonchev–Trinajstić information content (AvgIpc) is 3.38. The molecule has 0 fully saturated rings. The largest absolute Gasteiger partial charge is 0.419 e. The summed E-state index contributed by atoms with van der Waals surface area (Å²) in [6, 6.07) is 8.07. The van der Waals surface area contributed by atoms with Crippen LogP contribution in [0.2, 0.25) is 0 Å². The Morgan fingerprint density at radius 3 is 2.57 bits per heavy atom. The number of aromatic nitrogens is 4. The van der Waals surface area contributed by atoms with E-state index in [1.165, 1.54) is 21.3 Å². The van der Waals surface area contributed by atoms with Gasteiger partial charge in [-0.25, -0.2) is 14.3 Å². The van der Waals surface area contributed by atoms with Crippen LogP contribution < -0.4 is 16.4 Å². The van der Waals surface area contributed by atoms with Crippen molar-refractivity contribution in [3.63, 3.8) is 0 Å². The molecule has 0 radical (unpaired) electrons. The summed E-state index contributed by atoms with van der Waals surface area (Å²) < 4.78 is 7.81. The van der Waals surface area contributed by atoms with E-state index in [2.05, 4.69) is 20.7 Å². The number of nitrogens with one attached hydrogen (secondary N) is 2. The fourth-order valence-corrected chi connectivity index (χ4v) is 3.67. The maximum absolute atomic E-state index is 12.9. The van der Waals surface area contributed by atoms with Gasteiger partial charge in [-0.3, -0.25) is 19.0 Å². The van der Waals surface area contributed by atoms with E-state index < -0.39 is 17.6 Å². The van der Waals surface area contributed by atoms with Gasteiger partial charge >= 0.3 is 5.76 Å². The molecule has 35 heavy (non-hydrogen) atoms. The third-order valence-electron chi connectivity index (χ3n) is 5.31. The standard InChI is InChI=1S/C24H26N6O5/c1-24(2,3)11-15(31)13-26-22(33)18-10-16(28-20-7-8-27-30(18)20)21(32)25-12-14-5-6-19-17(9-14)29(4)23(34)35-19/h5-10H,11-13H2,1-4H3,(H,25,32)(H,26,33). The molecule has 0 bridgehead atoms. The highest BCUT2D eigenvalue weighted by Crippen LogP contribution is 2.18. The lowest BCUT2D eigenvalue weighted by Crippen LogP contribution is -2.33. The zero-order valence-corrected chi connectivity index (χ0v) is 19.9. The molecule has 0 aliphatic rings. The minimum Gasteiger partial charge on any atom is -0.408 e. The molecular weight excluding hydrogens is 452 g/mol. The van der Waals surface area contributed by atoms with Crippen molar-refractivity contribution in [3.05, 3.63) is 64.0 Å². The van der Waals surface area contributed by atoms with E-state index in [0.717, 1.165) is 5.56 Å². The molecule has 3 heterocycles. The molecule has 182 valence electrons. The molecule has 11 heteroatoms. The highest BCUT2D eigenvalue weighted by atomic mass is 16.4. The number of ketones is 1. The zero-order chi connectivity index (χ0) is 25.3. The number of nitrogens with zero attached hydrogens (tertiary/aromatic N) is 4. The van der Waals surface area contributed by atoms with Crippen LogP contribution in [0.5, 0.6) is 0 Å². The van der Waals surface area contributed by atoms with Gasteiger partial charge in [0, 0.05) is 32.1 Å². The van der Waals surface area contributed by atoms with Crippen molar-refractivity contribution in [2.24, 2.45) is 12.5 Å². The maximum Gasteiger partial charge on any atom is 0.419 e. The van der Waals surface area contributed by atoms with Crippen LogP contribution in [-0.4, -0.2) is 43.3 Å². The Hall–Kier alpha value is -4.28. The van der Waals surface area contributed by atoms with Crippen molar-refractivity contribution < 1.29 is 18.8 Å². The third-order valence-corrected chi connectivity index (χ3v) is 5.31. The lowest BCUT2D eigenvalue weighted by molar-refractivity contribution is -0.119. The zero-order valence-electron chi connectivity index (χ0n) is 19.9. The number of benzene rings is 1. The first-order chi connectivity index (χ1) is 16.5. The van der Waals surface area contributed by atoms with Gasteiger partial charge in [-0.15, -0.1) is 0 Å². The van der Waals surface area contributed by atoms with Crippen molar-refractivity contribution in [2.45, 2.75) is 33.7 Å². The number of carbonyl (C=O) groups is 3. The molecular formula is C24H26N6O5. The van der Waals surface area contributed by atoms with Gasteiger partial charge in [0.05, 0.1) is 18.3 Å². The number of carbonyl (C=O) groups excluding carboxylic acids is 3. The third kappa shape index (κ3) is 5.29. The molecule has 0 aliphatic heterocycles. The second-order valence-corrected chi connectivity index (χ2v) is 9.50. The Balaban J connectivity index is 1.50. The Labute approximate surface area is 200 Å². The summed E-state index contributed by atoms with van der Waals surface area (Å²) in [7, 11) is 1.60. The SMILES string of the molecule is Cn1c(=O)oc2ccc(CNC(=O)c3cc(C(=O)NCC(=O)CC(C)(C)C)n4nccc4n3)cc21. The van der Waals surface area contributed by atoms with Crippen LogP contribution >= 0.6 is 0 Å². The van der Waals surface area contributed by atoms with Gasteiger partial charge in [0.25, 0.3) is 11.8 Å². The Bertz CT molecular complexity index is 1500. The van der Waals surface area contributed by atoms with Gasteiger partial charge in [-0.1, -0.05) is 26.8 Å². The molecule has 0 saturated heterocycles. The molecule has 3 aromatic heterocycles. The first-order valence-electron chi connectivity index (χ1n) is 11.0. The molecule has 4 aromatic rings. The average molecular weight is 479 g/mol. The summed E-state index contributed by atoms with van der Waals surface area (Å²) in [4.78, 5) is 53.8. The minimum atomic E-state index is -0.538. The number of aryl methyl sites for hydroxylation is 1. The normalized spacial score (nSPS) is 11.7. The van der Waals surface area contributed by atoms with Crippen LogP contribution in [0.4, 0.5) is 0 Å². The van der Waals surface area contributed by atoms with Crippen LogP contribution in [0, 0.1) is 5.41 Å². The highest BCUT2D eigenvalue weighted by molar-refractivity contribution is 5.99. The fraction of sp³-hybridized carbons (Fsp3) is 0.333. The Morgan fingerprint density at radius 1 is 1.06 bits per heavy atom. The van der Waals surface area contributed by atoms with Gasteiger partial charge in [0.15, 0.2) is 17.0 Å². The van der Waals surface area contributed by atoms with Crippen molar-refractivity contribution >= 4 is 34.3 Å². The van der Waals surface area contributed by atoms with E-state index in [9.17, 15) is 19.2 Å². The number of hydrogen-bond acceptors (Lipinski definition) is 7. The number of amides is 2. The van der Waals surface area contributed by atoms with Crippen molar-refractivity contribution in [1.82, 2.24) is 29.8 Å². The summed E-state index contributed by atoms with van der Waals surface area (Å²) in [6.07, 6.45) is 1.79. The molecule has 0 aliphatic carbocycles. The Morgan fingerprint density at radius 2 is 1.83 bits per heavy atom.